The first kappa shape index (κ1) is 26.1. The van der Waals surface area contributed by atoms with Gasteiger partial charge in [-0.15, -0.1) is 10.2 Å². The highest BCUT2D eigenvalue weighted by Gasteiger charge is 2.29. The van der Waals surface area contributed by atoms with Gasteiger partial charge in [-0.1, -0.05) is 6.07 Å². The highest BCUT2D eigenvalue weighted by atomic mass is 16.7. The molecule has 10 nitrogen and oxygen atoms in total. The Morgan fingerprint density at radius 1 is 1.20 bits per heavy atom. The molecule has 1 aliphatic rings. The predicted octanol–water partition coefficient (Wildman–Crippen LogP) is 4.01. The van der Waals surface area contributed by atoms with E-state index in [1.54, 1.807) is 45.0 Å². The maximum atomic E-state index is 12.5. The Hall–Kier alpha value is -3.53. The van der Waals surface area contributed by atoms with Crippen molar-refractivity contribution in [2.24, 2.45) is 0 Å². The molecular weight excluding hydrogens is 452 g/mol. The second-order valence-electron chi connectivity index (χ2n) is 9.32. The highest BCUT2D eigenvalue weighted by Crippen LogP contribution is 2.45. The number of amides is 2. The van der Waals surface area contributed by atoms with Crippen LogP contribution in [0.25, 0.3) is 11.3 Å². The summed E-state index contributed by atoms with van der Waals surface area (Å²) in [5.74, 6) is 0.624. The molecule has 1 fully saturated rings. The van der Waals surface area contributed by atoms with Gasteiger partial charge in [0, 0.05) is 24.8 Å². The number of nitrogens with one attached hydrogen (secondary N) is 1. The van der Waals surface area contributed by atoms with Crippen LogP contribution in [-0.4, -0.2) is 66.0 Å². The second-order valence-corrected chi connectivity index (χ2v) is 9.32. The largest absolute Gasteiger partial charge is 0.467 e. The van der Waals surface area contributed by atoms with Gasteiger partial charge in [0.15, 0.2) is 12.6 Å². The minimum atomic E-state index is -0.655. The normalized spacial score (nSPS) is 13.2. The molecule has 2 aromatic rings. The minimum Gasteiger partial charge on any atom is -0.467 e. The van der Waals surface area contributed by atoms with E-state index in [1.165, 1.54) is 11.9 Å². The summed E-state index contributed by atoms with van der Waals surface area (Å²) in [5.41, 5.74) is 2.06. The fraction of sp³-hybridized carbons (Fsp3) is 0.480. The summed E-state index contributed by atoms with van der Waals surface area (Å²) in [6, 6.07) is 6.90. The Bertz CT molecular complexity index is 1080. The maximum Gasteiger partial charge on any atom is 0.410 e. The van der Waals surface area contributed by atoms with E-state index in [1.807, 2.05) is 6.92 Å². The molecular formula is C25H32N4O6. The number of carbonyl (C=O) groups is 3. The van der Waals surface area contributed by atoms with E-state index < -0.39 is 17.6 Å². The van der Waals surface area contributed by atoms with Gasteiger partial charge in [0.2, 0.25) is 5.91 Å². The molecule has 3 rings (SSSR count). The van der Waals surface area contributed by atoms with Gasteiger partial charge in [-0.25, -0.2) is 4.79 Å². The minimum absolute atomic E-state index is 0.0390. The van der Waals surface area contributed by atoms with Gasteiger partial charge < -0.3 is 24.4 Å². The van der Waals surface area contributed by atoms with Crippen molar-refractivity contribution in [2.45, 2.75) is 52.1 Å². The number of aromatic nitrogens is 2. The molecule has 0 radical (unpaired) electrons. The summed E-state index contributed by atoms with van der Waals surface area (Å²) in [6.07, 6.45) is 2.15. The van der Waals surface area contributed by atoms with Crippen molar-refractivity contribution < 1.29 is 28.6 Å². The van der Waals surface area contributed by atoms with E-state index in [9.17, 15) is 14.4 Å². The molecule has 1 aromatic heterocycles. The first-order valence-electron chi connectivity index (χ1n) is 11.5. The lowest BCUT2D eigenvalue weighted by Crippen LogP contribution is -2.38. The number of ether oxygens (including phenoxy) is 3. The first-order valence-corrected chi connectivity index (χ1v) is 11.5. The Balaban J connectivity index is 1.80. The lowest BCUT2D eigenvalue weighted by molar-refractivity contribution is -0.117. The summed E-state index contributed by atoms with van der Waals surface area (Å²) in [6.45, 7) is 7.48. The highest BCUT2D eigenvalue weighted by molar-refractivity contribution is 5.93. The number of carbonyl (C=O) groups excluding carboxylic acids is 3. The van der Waals surface area contributed by atoms with Crippen LogP contribution in [0, 0.1) is 0 Å². The van der Waals surface area contributed by atoms with Gasteiger partial charge in [0.1, 0.15) is 29.9 Å². The number of likely N-dealkylation sites (N-methyl/N-ethyl adjacent to an activating group) is 1. The Kier molecular flexibility index (Phi) is 8.39. The molecule has 1 N–H and O–H groups in total. The molecule has 1 heterocycles. The van der Waals surface area contributed by atoms with E-state index in [0.29, 0.717) is 35.0 Å². The zero-order valence-corrected chi connectivity index (χ0v) is 20.8. The van der Waals surface area contributed by atoms with E-state index >= 15 is 0 Å². The molecule has 10 heteroatoms. The fourth-order valence-electron chi connectivity index (χ4n) is 3.30. The molecule has 0 saturated heterocycles. The van der Waals surface area contributed by atoms with Gasteiger partial charge in [-0.2, -0.15) is 0 Å². The summed E-state index contributed by atoms with van der Waals surface area (Å²) < 4.78 is 16.3. The number of hydrogen-bond acceptors (Lipinski definition) is 8. The van der Waals surface area contributed by atoms with Crippen molar-refractivity contribution in [1.82, 2.24) is 15.1 Å². The first-order chi connectivity index (χ1) is 16.6. The van der Waals surface area contributed by atoms with E-state index in [0.717, 1.165) is 24.7 Å². The summed E-state index contributed by atoms with van der Waals surface area (Å²) in [4.78, 5) is 37.1. The Labute approximate surface area is 204 Å². The number of nitrogens with zero attached hydrogens (tertiary/aromatic N) is 3. The molecule has 188 valence electrons. The predicted molar refractivity (Wildman–Crippen MR) is 129 cm³/mol. The van der Waals surface area contributed by atoms with Crippen LogP contribution in [0.3, 0.4) is 0 Å². The lowest BCUT2D eigenvalue weighted by Gasteiger charge is -2.24. The quantitative estimate of drug-likeness (QED) is 0.305. The molecule has 1 saturated carbocycles. The standard InChI is InChI=1S/C25H32N4O6/c1-6-33-15-34-20-11-16(14-30)7-10-18(20)23-19(17-8-9-17)12-21(27-28-23)26-22(31)13-29(5)24(32)35-25(2,3)4/h7,10-12,14,17H,6,8-9,13,15H2,1-5H3,(H,26,27,31). The van der Waals surface area contributed by atoms with Crippen molar-refractivity contribution >= 4 is 24.1 Å². The molecule has 1 aliphatic carbocycles. The molecule has 1 aromatic carbocycles. The van der Waals surface area contributed by atoms with Gasteiger partial charge in [0.25, 0.3) is 0 Å². The Morgan fingerprint density at radius 2 is 1.94 bits per heavy atom. The molecule has 35 heavy (non-hydrogen) atoms. The average molecular weight is 485 g/mol. The third kappa shape index (κ3) is 7.48. The van der Waals surface area contributed by atoms with E-state index in [2.05, 4.69) is 15.5 Å². The van der Waals surface area contributed by atoms with Crippen molar-refractivity contribution in [3.05, 3.63) is 35.4 Å². The van der Waals surface area contributed by atoms with Crippen LogP contribution in [0.4, 0.5) is 10.6 Å². The van der Waals surface area contributed by atoms with Crippen molar-refractivity contribution in [3.8, 4) is 17.0 Å². The monoisotopic (exact) mass is 484 g/mol. The van der Waals surface area contributed by atoms with Crippen molar-refractivity contribution in [1.29, 1.82) is 0 Å². The molecule has 2 amide bonds. The molecule has 0 bridgehead atoms. The average Bonchev–Trinajstić information content (AvgIpc) is 3.63. The molecule has 0 spiro atoms. The van der Waals surface area contributed by atoms with Crippen molar-refractivity contribution in [2.75, 3.05) is 32.3 Å². The maximum absolute atomic E-state index is 12.5. The van der Waals surface area contributed by atoms with Gasteiger partial charge in [0.05, 0.1) is 0 Å². The summed E-state index contributed by atoms with van der Waals surface area (Å²) in [5, 5.41) is 11.3. The lowest BCUT2D eigenvalue weighted by atomic mass is 10.0. The zero-order valence-electron chi connectivity index (χ0n) is 20.8. The van der Waals surface area contributed by atoms with Crippen molar-refractivity contribution in [3.63, 3.8) is 0 Å². The summed E-state index contributed by atoms with van der Waals surface area (Å²) >= 11 is 0. The third-order valence-electron chi connectivity index (χ3n) is 5.09. The van der Waals surface area contributed by atoms with Crippen LogP contribution >= 0.6 is 0 Å². The van der Waals surface area contributed by atoms with E-state index in [-0.39, 0.29) is 19.3 Å². The second kappa shape index (κ2) is 11.3. The number of aldehydes is 1. The number of benzene rings is 1. The van der Waals surface area contributed by atoms with E-state index in [4.69, 9.17) is 14.2 Å². The SMILES string of the molecule is CCOCOc1cc(C=O)ccc1-c1nnc(NC(=O)CN(C)C(=O)OC(C)(C)C)cc1C1CC1. The van der Waals surface area contributed by atoms with Crippen LogP contribution in [0.2, 0.25) is 0 Å². The smallest absolute Gasteiger partial charge is 0.410 e. The number of anilines is 1. The topological polar surface area (TPSA) is 120 Å². The van der Waals surface area contributed by atoms with Crippen LogP contribution in [0.5, 0.6) is 5.75 Å². The van der Waals surface area contributed by atoms with Crippen LogP contribution in [0.1, 0.15) is 62.4 Å². The number of hydrogen-bond donors (Lipinski definition) is 1. The fourth-order valence-corrected chi connectivity index (χ4v) is 3.30. The molecule has 0 aliphatic heterocycles. The molecule has 0 unspecified atom stereocenters. The van der Waals surface area contributed by atoms with Crippen LogP contribution < -0.4 is 10.1 Å². The van der Waals surface area contributed by atoms with Crippen LogP contribution in [0.15, 0.2) is 24.3 Å². The van der Waals surface area contributed by atoms with Gasteiger partial charge >= 0.3 is 6.09 Å². The molecule has 0 atom stereocenters. The third-order valence-corrected chi connectivity index (χ3v) is 5.09. The Morgan fingerprint density at radius 3 is 2.57 bits per heavy atom. The zero-order chi connectivity index (χ0) is 25.6. The summed E-state index contributed by atoms with van der Waals surface area (Å²) in [7, 11) is 1.49. The van der Waals surface area contributed by atoms with Crippen LogP contribution in [-0.2, 0) is 14.3 Å². The van der Waals surface area contributed by atoms with Gasteiger partial charge in [-0.05, 0) is 70.2 Å². The number of rotatable bonds is 10. The van der Waals surface area contributed by atoms with Gasteiger partial charge in [-0.3, -0.25) is 9.59 Å².